The molecular weight excluding hydrogens is 470 g/mol. The molecule has 0 spiro atoms. The SMILES string of the molecule is CCc1cccc(CC)c1NC(=O)CN1C(=O)COc2ccc(-c3csc(-c4ccccc4)n3)cc21. The van der Waals surface area contributed by atoms with E-state index in [-0.39, 0.29) is 25.0 Å². The van der Waals surface area contributed by atoms with Gasteiger partial charge >= 0.3 is 0 Å². The van der Waals surface area contributed by atoms with Gasteiger partial charge in [-0.3, -0.25) is 14.5 Å². The van der Waals surface area contributed by atoms with Crippen molar-refractivity contribution in [2.24, 2.45) is 0 Å². The summed E-state index contributed by atoms with van der Waals surface area (Å²) in [5.41, 5.74) is 6.31. The van der Waals surface area contributed by atoms with E-state index in [0.717, 1.165) is 51.5 Å². The van der Waals surface area contributed by atoms with E-state index in [2.05, 4.69) is 19.2 Å². The zero-order valence-corrected chi connectivity index (χ0v) is 21.1. The van der Waals surface area contributed by atoms with E-state index in [1.54, 1.807) is 11.3 Å². The van der Waals surface area contributed by atoms with Crippen LogP contribution in [0.3, 0.4) is 0 Å². The maximum absolute atomic E-state index is 13.1. The van der Waals surface area contributed by atoms with Crippen LogP contribution in [-0.4, -0.2) is 29.9 Å². The molecular formula is C29H27N3O3S. The minimum Gasteiger partial charge on any atom is -0.482 e. The second-order valence-electron chi connectivity index (χ2n) is 8.56. The van der Waals surface area contributed by atoms with Crippen molar-refractivity contribution in [2.75, 3.05) is 23.4 Å². The highest BCUT2D eigenvalue weighted by molar-refractivity contribution is 7.13. The molecule has 0 saturated carbocycles. The number of nitrogens with one attached hydrogen (secondary N) is 1. The van der Waals surface area contributed by atoms with Gasteiger partial charge in [0.1, 0.15) is 17.3 Å². The van der Waals surface area contributed by atoms with E-state index in [9.17, 15) is 9.59 Å². The number of fused-ring (bicyclic) bond motifs is 1. The van der Waals surface area contributed by atoms with Gasteiger partial charge in [-0.25, -0.2) is 4.98 Å². The summed E-state index contributed by atoms with van der Waals surface area (Å²) >= 11 is 1.57. The zero-order chi connectivity index (χ0) is 25.1. The molecule has 2 amide bonds. The number of hydrogen-bond acceptors (Lipinski definition) is 5. The van der Waals surface area contributed by atoms with Crippen molar-refractivity contribution in [3.8, 4) is 27.6 Å². The lowest BCUT2D eigenvalue weighted by Gasteiger charge is -2.29. The fourth-order valence-electron chi connectivity index (χ4n) is 4.38. The Morgan fingerprint density at radius 3 is 2.47 bits per heavy atom. The molecule has 3 aromatic carbocycles. The lowest BCUT2D eigenvalue weighted by atomic mass is 10.0. The molecule has 182 valence electrons. The number of hydrogen-bond donors (Lipinski definition) is 1. The minimum absolute atomic E-state index is 0.0911. The van der Waals surface area contributed by atoms with Gasteiger partial charge in [0.15, 0.2) is 6.61 Å². The van der Waals surface area contributed by atoms with Crippen molar-refractivity contribution >= 4 is 34.5 Å². The summed E-state index contributed by atoms with van der Waals surface area (Å²) in [5.74, 6) is 0.0858. The second kappa shape index (κ2) is 10.3. The van der Waals surface area contributed by atoms with Crippen molar-refractivity contribution in [3.05, 3.63) is 83.2 Å². The van der Waals surface area contributed by atoms with Crippen molar-refractivity contribution in [1.29, 1.82) is 0 Å². The topological polar surface area (TPSA) is 71.5 Å². The van der Waals surface area contributed by atoms with Crippen LogP contribution in [0.5, 0.6) is 5.75 Å². The van der Waals surface area contributed by atoms with Gasteiger partial charge in [-0.2, -0.15) is 0 Å². The number of nitrogens with zero attached hydrogens (tertiary/aromatic N) is 2. The Morgan fingerprint density at radius 1 is 1.00 bits per heavy atom. The lowest BCUT2D eigenvalue weighted by molar-refractivity contribution is -0.123. The molecule has 1 aromatic heterocycles. The summed E-state index contributed by atoms with van der Waals surface area (Å²) in [6, 6.07) is 21.7. The van der Waals surface area contributed by atoms with Gasteiger partial charge < -0.3 is 10.1 Å². The molecule has 0 saturated heterocycles. The molecule has 2 heterocycles. The highest BCUT2D eigenvalue weighted by Gasteiger charge is 2.28. The molecule has 5 rings (SSSR count). The Morgan fingerprint density at radius 2 is 1.75 bits per heavy atom. The van der Waals surface area contributed by atoms with Gasteiger partial charge in [-0.15, -0.1) is 11.3 Å². The Labute approximate surface area is 214 Å². The van der Waals surface area contributed by atoms with Crippen molar-refractivity contribution in [1.82, 2.24) is 4.98 Å². The zero-order valence-electron chi connectivity index (χ0n) is 20.3. The van der Waals surface area contributed by atoms with Crippen LogP contribution in [0.15, 0.2) is 72.1 Å². The molecule has 0 fully saturated rings. The summed E-state index contributed by atoms with van der Waals surface area (Å²) < 4.78 is 5.66. The number of para-hydroxylation sites is 1. The molecule has 6 nitrogen and oxygen atoms in total. The number of amides is 2. The standard InChI is InChI=1S/C29H27N3O3S/c1-3-19-11-8-12-20(4-2)28(19)31-26(33)16-32-24-15-22(13-14-25(24)35-17-27(32)34)23-18-36-29(30-23)21-9-6-5-7-10-21/h5-15,18H,3-4,16-17H2,1-2H3,(H,31,33). The minimum atomic E-state index is -0.252. The molecule has 0 unspecified atom stereocenters. The first-order valence-corrected chi connectivity index (χ1v) is 12.9. The maximum Gasteiger partial charge on any atom is 0.265 e. The van der Waals surface area contributed by atoms with E-state index < -0.39 is 0 Å². The van der Waals surface area contributed by atoms with Gasteiger partial charge in [-0.05, 0) is 42.2 Å². The normalized spacial score (nSPS) is 12.7. The predicted octanol–water partition coefficient (Wildman–Crippen LogP) is 5.97. The van der Waals surface area contributed by atoms with Crippen LogP contribution in [-0.2, 0) is 22.4 Å². The molecule has 0 atom stereocenters. The number of ether oxygens (including phenoxy) is 1. The second-order valence-corrected chi connectivity index (χ2v) is 9.42. The molecule has 1 aliphatic rings. The number of carbonyl (C=O) groups excluding carboxylic acids is 2. The first-order chi connectivity index (χ1) is 17.6. The lowest BCUT2D eigenvalue weighted by Crippen LogP contribution is -2.43. The van der Waals surface area contributed by atoms with Gasteiger partial charge in [-0.1, -0.05) is 62.4 Å². The summed E-state index contributed by atoms with van der Waals surface area (Å²) in [6.45, 7) is 3.94. The molecule has 7 heteroatoms. The third-order valence-corrected chi connectivity index (χ3v) is 7.18. The molecule has 1 aliphatic heterocycles. The molecule has 36 heavy (non-hydrogen) atoms. The average molecular weight is 498 g/mol. The fraction of sp³-hybridized carbons (Fsp3) is 0.207. The molecule has 0 bridgehead atoms. The van der Waals surface area contributed by atoms with Crippen LogP contribution in [0.1, 0.15) is 25.0 Å². The van der Waals surface area contributed by atoms with Gasteiger partial charge in [0, 0.05) is 22.2 Å². The van der Waals surface area contributed by atoms with E-state index in [4.69, 9.17) is 9.72 Å². The Kier molecular flexibility index (Phi) is 6.82. The van der Waals surface area contributed by atoms with Crippen LogP contribution in [0.4, 0.5) is 11.4 Å². The molecule has 1 N–H and O–H groups in total. The number of anilines is 2. The largest absolute Gasteiger partial charge is 0.482 e. The highest BCUT2D eigenvalue weighted by atomic mass is 32.1. The average Bonchev–Trinajstić information content (AvgIpc) is 3.41. The summed E-state index contributed by atoms with van der Waals surface area (Å²) in [7, 11) is 0. The number of carbonyl (C=O) groups is 2. The van der Waals surface area contributed by atoms with Crippen LogP contribution < -0.4 is 15.0 Å². The number of rotatable bonds is 7. The highest BCUT2D eigenvalue weighted by Crippen LogP contribution is 2.37. The Hall–Kier alpha value is -3.97. The number of thiazole rings is 1. The molecule has 0 aliphatic carbocycles. The van der Waals surface area contributed by atoms with Gasteiger partial charge in [0.2, 0.25) is 5.91 Å². The summed E-state index contributed by atoms with van der Waals surface area (Å²) in [5, 5.41) is 5.99. The third-order valence-electron chi connectivity index (χ3n) is 6.29. The van der Waals surface area contributed by atoms with Crippen molar-refractivity contribution < 1.29 is 14.3 Å². The van der Waals surface area contributed by atoms with Gasteiger partial charge in [0.05, 0.1) is 11.4 Å². The third kappa shape index (κ3) is 4.75. The fourth-order valence-corrected chi connectivity index (χ4v) is 5.22. The van der Waals surface area contributed by atoms with E-state index in [1.807, 2.05) is 72.1 Å². The summed E-state index contributed by atoms with van der Waals surface area (Å²) in [6.07, 6.45) is 1.62. The van der Waals surface area contributed by atoms with Crippen LogP contribution >= 0.6 is 11.3 Å². The van der Waals surface area contributed by atoms with Crippen molar-refractivity contribution in [2.45, 2.75) is 26.7 Å². The molecule has 4 aromatic rings. The maximum atomic E-state index is 13.1. The Balaban J connectivity index is 1.41. The van der Waals surface area contributed by atoms with E-state index >= 15 is 0 Å². The van der Waals surface area contributed by atoms with Gasteiger partial charge in [0.25, 0.3) is 5.91 Å². The monoisotopic (exact) mass is 497 g/mol. The Bertz CT molecular complexity index is 1390. The number of aryl methyl sites for hydroxylation is 2. The number of aromatic nitrogens is 1. The van der Waals surface area contributed by atoms with E-state index in [0.29, 0.717) is 11.4 Å². The van der Waals surface area contributed by atoms with Crippen LogP contribution in [0.2, 0.25) is 0 Å². The van der Waals surface area contributed by atoms with Crippen molar-refractivity contribution in [3.63, 3.8) is 0 Å². The summed E-state index contributed by atoms with van der Waals surface area (Å²) in [4.78, 5) is 32.3. The quantitative estimate of drug-likeness (QED) is 0.342. The first kappa shape index (κ1) is 23.8. The molecule has 0 radical (unpaired) electrons. The smallest absolute Gasteiger partial charge is 0.265 e. The first-order valence-electron chi connectivity index (χ1n) is 12.1. The predicted molar refractivity (Wildman–Crippen MR) is 145 cm³/mol. The van der Waals surface area contributed by atoms with Crippen LogP contribution in [0.25, 0.3) is 21.8 Å². The van der Waals surface area contributed by atoms with Crippen LogP contribution in [0, 0.1) is 0 Å². The van der Waals surface area contributed by atoms with E-state index in [1.165, 1.54) is 4.90 Å². The number of benzene rings is 3.